The average Bonchev–Trinajstić information content (AvgIpc) is 3.79. The molecule has 0 bridgehead atoms. The summed E-state index contributed by atoms with van der Waals surface area (Å²) in [4.78, 5) is 32.3. The number of carbonyl (C=O) groups is 2. The van der Waals surface area contributed by atoms with Crippen LogP contribution in [0.25, 0.3) is 0 Å². The fraction of sp³-hybridized carbons (Fsp3) is 0.641. The van der Waals surface area contributed by atoms with E-state index in [0.717, 1.165) is 6.07 Å². The molecule has 6 rings (SSSR count). The number of amides is 1. The lowest BCUT2D eigenvalue weighted by atomic mass is 9.84. The van der Waals surface area contributed by atoms with Gasteiger partial charge < -0.3 is 19.3 Å². The van der Waals surface area contributed by atoms with Gasteiger partial charge in [-0.05, 0) is 73.9 Å². The molecule has 10 nitrogen and oxygen atoms in total. The van der Waals surface area contributed by atoms with Crippen molar-refractivity contribution < 1.29 is 45.0 Å². The van der Waals surface area contributed by atoms with Crippen molar-refractivity contribution in [2.75, 3.05) is 77.2 Å². The number of sulfonamides is 1. The summed E-state index contributed by atoms with van der Waals surface area (Å²) in [7, 11) is -0.480. The third-order valence-electron chi connectivity index (χ3n) is 12.4. The summed E-state index contributed by atoms with van der Waals surface area (Å²) in [6.45, 7) is 5.55. The number of likely N-dealkylation sites (tertiary alicyclic amines) is 2. The van der Waals surface area contributed by atoms with Crippen LogP contribution in [-0.4, -0.2) is 118 Å². The maximum atomic E-state index is 17.9. The molecule has 0 unspecified atom stereocenters. The van der Waals surface area contributed by atoms with Crippen molar-refractivity contribution in [3.05, 3.63) is 59.2 Å². The summed E-state index contributed by atoms with van der Waals surface area (Å²) in [5.74, 6) is -1.93. The maximum Gasteiger partial charge on any atom is 0.416 e. The average molecular weight is 781 g/mol. The summed E-state index contributed by atoms with van der Waals surface area (Å²) < 4.78 is 96.8. The minimum absolute atomic E-state index is 0.0143. The van der Waals surface area contributed by atoms with E-state index in [1.165, 1.54) is 23.5 Å². The Balaban J connectivity index is 1.28. The van der Waals surface area contributed by atoms with E-state index in [4.69, 9.17) is 9.47 Å². The number of piperidine rings is 2. The van der Waals surface area contributed by atoms with Crippen molar-refractivity contribution in [2.45, 2.75) is 75.7 Å². The molecule has 4 saturated heterocycles. The van der Waals surface area contributed by atoms with Crippen LogP contribution in [0.4, 0.5) is 23.2 Å². The zero-order chi connectivity index (χ0) is 39.0. The number of halogens is 4. The molecular formula is C39H52F4N4O6S. The topological polar surface area (TPSA) is 99.7 Å². The SMILES string of the molecule is CC[C@H]1CN(C(=O)[C@]2(F)CN(C3CCN(S(=O)(=O)CC)CC3)C[C@H]2c2ccc(OC)cc2)C[C@@H]1c1ccc(C(F)(F)F)cc1N1CCC(C(=O)OC)CC1. The maximum absolute atomic E-state index is 17.9. The Morgan fingerprint density at radius 2 is 1.57 bits per heavy atom. The van der Waals surface area contributed by atoms with Crippen LogP contribution in [0.1, 0.15) is 74.5 Å². The summed E-state index contributed by atoms with van der Waals surface area (Å²) in [6.07, 6.45) is -2.00. The van der Waals surface area contributed by atoms with Crippen molar-refractivity contribution in [3.8, 4) is 5.75 Å². The van der Waals surface area contributed by atoms with E-state index >= 15 is 4.39 Å². The van der Waals surface area contributed by atoms with Crippen LogP contribution in [0.3, 0.4) is 0 Å². The van der Waals surface area contributed by atoms with E-state index in [2.05, 4.69) is 0 Å². The van der Waals surface area contributed by atoms with Crippen LogP contribution in [0.15, 0.2) is 42.5 Å². The first-order chi connectivity index (χ1) is 25.6. The molecule has 0 spiro atoms. The Labute approximate surface area is 315 Å². The zero-order valence-electron chi connectivity index (χ0n) is 31.5. The molecule has 298 valence electrons. The van der Waals surface area contributed by atoms with Crippen molar-refractivity contribution in [1.29, 1.82) is 0 Å². The molecule has 0 aliphatic carbocycles. The van der Waals surface area contributed by atoms with Gasteiger partial charge in [0.1, 0.15) is 5.75 Å². The Bertz CT molecular complexity index is 1760. The summed E-state index contributed by atoms with van der Waals surface area (Å²) in [6, 6.07) is 10.7. The quantitative estimate of drug-likeness (QED) is 0.225. The molecular weight excluding hydrogens is 729 g/mol. The Kier molecular flexibility index (Phi) is 11.9. The molecule has 15 heteroatoms. The molecule has 0 N–H and O–H groups in total. The minimum Gasteiger partial charge on any atom is -0.497 e. The van der Waals surface area contributed by atoms with Gasteiger partial charge in [0.15, 0.2) is 0 Å². The van der Waals surface area contributed by atoms with Gasteiger partial charge in [-0.2, -0.15) is 13.2 Å². The van der Waals surface area contributed by atoms with Gasteiger partial charge in [0.05, 0.1) is 31.5 Å². The molecule has 0 aromatic heterocycles. The number of alkyl halides is 4. The van der Waals surface area contributed by atoms with E-state index < -0.39 is 39.3 Å². The summed E-state index contributed by atoms with van der Waals surface area (Å²) in [5, 5.41) is 0. The highest BCUT2D eigenvalue weighted by atomic mass is 32.2. The second-order valence-electron chi connectivity index (χ2n) is 15.2. The van der Waals surface area contributed by atoms with E-state index in [0.29, 0.717) is 80.8 Å². The number of carbonyl (C=O) groups excluding carboxylic acids is 2. The molecule has 4 heterocycles. The lowest BCUT2D eigenvalue weighted by Gasteiger charge is -2.36. The smallest absolute Gasteiger partial charge is 0.416 e. The highest BCUT2D eigenvalue weighted by Gasteiger charge is 2.57. The van der Waals surface area contributed by atoms with Gasteiger partial charge >= 0.3 is 12.1 Å². The number of rotatable bonds is 10. The number of nitrogens with zero attached hydrogens (tertiary/aromatic N) is 4. The Hall–Kier alpha value is -3.43. The molecule has 2 aromatic rings. The highest BCUT2D eigenvalue weighted by Crippen LogP contribution is 2.47. The minimum atomic E-state index is -4.56. The number of hydrogen-bond acceptors (Lipinski definition) is 8. The molecule has 4 aliphatic rings. The number of benzene rings is 2. The predicted octanol–water partition coefficient (Wildman–Crippen LogP) is 5.68. The van der Waals surface area contributed by atoms with E-state index in [1.807, 2.05) is 16.7 Å². The Morgan fingerprint density at radius 3 is 2.15 bits per heavy atom. The third kappa shape index (κ3) is 7.95. The van der Waals surface area contributed by atoms with Crippen molar-refractivity contribution in [2.24, 2.45) is 11.8 Å². The first-order valence-corrected chi connectivity index (χ1v) is 20.6. The normalized spacial score (nSPS) is 26.7. The van der Waals surface area contributed by atoms with Crippen molar-refractivity contribution in [3.63, 3.8) is 0 Å². The van der Waals surface area contributed by atoms with Gasteiger partial charge in [0.2, 0.25) is 15.7 Å². The lowest BCUT2D eigenvalue weighted by Crippen LogP contribution is -2.51. The molecule has 0 radical (unpaired) electrons. The number of ether oxygens (including phenoxy) is 2. The van der Waals surface area contributed by atoms with Gasteiger partial charge in [0.25, 0.3) is 5.91 Å². The van der Waals surface area contributed by atoms with Gasteiger partial charge in [-0.1, -0.05) is 31.5 Å². The molecule has 4 aliphatic heterocycles. The summed E-state index contributed by atoms with van der Waals surface area (Å²) >= 11 is 0. The number of esters is 1. The Morgan fingerprint density at radius 1 is 0.907 bits per heavy atom. The molecule has 54 heavy (non-hydrogen) atoms. The lowest BCUT2D eigenvalue weighted by molar-refractivity contribution is -0.146. The monoisotopic (exact) mass is 780 g/mol. The molecule has 4 atom stereocenters. The van der Waals surface area contributed by atoms with Crippen LogP contribution in [-0.2, 0) is 30.5 Å². The van der Waals surface area contributed by atoms with E-state index in [-0.39, 0.29) is 61.7 Å². The third-order valence-corrected chi connectivity index (χ3v) is 14.2. The molecule has 4 fully saturated rings. The number of hydrogen-bond donors (Lipinski definition) is 0. The first-order valence-electron chi connectivity index (χ1n) is 19.0. The highest BCUT2D eigenvalue weighted by molar-refractivity contribution is 7.89. The van der Waals surface area contributed by atoms with E-state index in [1.54, 1.807) is 43.2 Å². The molecule has 0 saturated carbocycles. The largest absolute Gasteiger partial charge is 0.497 e. The summed E-state index contributed by atoms with van der Waals surface area (Å²) in [5.41, 5.74) is -1.30. The second kappa shape index (κ2) is 16.0. The second-order valence-corrected chi connectivity index (χ2v) is 17.4. The first kappa shape index (κ1) is 40.2. The zero-order valence-corrected chi connectivity index (χ0v) is 32.3. The van der Waals surface area contributed by atoms with Crippen LogP contribution in [0.5, 0.6) is 5.75 Å². The van der Waals surface area contributed by atoms with Crippen LogP contribution in [0, 0.1) is 11.8 Å². The molecule has 2 aromatic carbocycles. The predicted molar refractivity (Wildman–Crippen MR) is 197 cm³/mol. The number of anilines is 1. The van der Waals surface area contributed by atoms with Crippen LogP contribution >= 0.6 is 0 Å². The van der Waals surface area contributed by atoms with Crippen molar-refractivity contribution in [1.82, 2.24) is 14.1 Å². The van der Waals surface area contributed by atoms with Crippen LogP contribution < -0.4 is 9.64 Å². The van der Waals surface area contributed by atoms with Gasteiger partial charge in [0, 0.05) is 75.9 Å². The fourth-order valence-corrected chi connectivity index (χ4v) is 10.2. The van der Waals surface area contributed by atoms with E-state index in [9.17, 15) is 31.2 Å². The van der Waals surface area contributed by atoms with Gasteiger partial charge in [-0.3, -0.25) is 14.5 Å². The number of methoxy groups -OCH3 is 2. The fourth-order valence-electron chi connectivity index (χ4n) is 9.11. The molecule has 1 amide bonds. The van der Waals surface area contributed by atoms with Gasteiger partial charge in [-0.15, -0.1) is 0 Å². The van der Waals surface area contributed by atoms with Crippen molar-refractivity contribution >= 4 is 27.6 Å². The standard InChI is InChI=1S/C39H52F4N4O6S/c1-5-26-22-45(23-33(26)32-12-9-29(39(41,42)43)21-35(32)44-17-13-28(14-18-44)36(48)53-4)37(49)38(40)25-46(24-34(38)27-7-10-31(52-3)11-8-27)30-15-19-47(20-16-30)54(50,51)6-2/h7-12,21,26,28,30,33-34H,5-6,13-20,22-25H2,1-4H3/t26-,33-,34-,38-/m0/s1. The van der Waals surface area contributed by atoms with Gasteiger partial charge in [-0.25, -0.2) is 17.1 Å². The van der Waals surface area contributed by atoms with Crippen LogP contribution in [0.2, 0.25) is 0 Å².